The quantitative estimate of drug-likeness (QED) is 0.693. The van der Waals surface area contributed by atoms with Crippen LogP contribution in [0.1, 0.15) is 0 Å². The van der Waals surface area contributed by atoms with Crippen molar-refractivity contribution in [3.05, 3.63) is 22.3 Å². The minimum absolute atomic E-state index is 0.0271. The van der Waals surface area contributed by atoms with Crippen molar-refractivity contribution in [2.75, 3.05) is 0 Å². The first-order valence-electron chi connectivity index (χ1n) is 2.96. The van der Waals surface area contributed by atoms with Crippen molar-refractivity contribution in [3.8, 4) is 5.88 Å². The molecule has 0 amide bonds. The first-order valence-corrected chi connectivity index (χ1v) is 3.71. The second kappa shape index (κ2) is 3.59. The van der Waals surface area contributed by atoms with Gasteiger partial charge in [-0.25, -0.2) is 4.98 Å². The monoisotopic (exact) mass is 231 g/mol. The Morgan fingerprint density at radius 2 is 1.85 bits per heavy atom. The summed E-state index contributed by atoms with van der Waals surface area (Å²) in [7, 11) is 0. The molecule has 0 bridgehead atoms. The van der Waals surface area contributed by atoms with Gasteiger partial charge in [-0.2, -0.15) is 0 Å². The van der Waals surface area contributed by atoms with Crippen molar-refractivity contribution in [1.29, 1.82) is 0 Å². The van der Waals surface area contributed by atoms with Crippen molar-refractivity contribution in [3.63, 3.8) is 0 Å². The maximum Gasteiger partial charge on any atom is 0.574 e. The summed E-state index contributed by atoms with van der Waals surface area (Å²) in [6, 6.07) is 2.12. The lowest BCUT2D eigenvalue weighted by Gasteiger charge is -2.07. The van der Waals surface area contributed by atoms with Crippen LogP contribution in [0.3, 0.4) is 0 Å². The highest BCUT2D eigenvalue weighted by molar-refractivity contribution is 6.34. The average Bonchev–Trinajstić information content (AvgIpc) is 1.78. The number of alkyl halides is 3. The minimum atomic E-state index is -4.79. The zero-order valence-electron chi connectivity index (χ0n) is 5.90. The topological polar surface area (TPSA) is 22.1 Å². The van der Waals surface area contributed by atoms with E-state index in [0.29, 0.717) is 0 Å². The Hall–Kier alpha value is -0.680. The lowest BCUT2D eigenvalue weighted by Crippen LogP contribution is -2.17. The molecule has 1 aromatic heterocycles. The fourth-order valence-electron chi connectivity index (χ4n) is 0.614. The van der Waals surface area contributed by atoms with E-state index in [-0.39, 0.29) is 10.2 Å². The van der Waals surface area contributed by atoms with Crippen LogP contribution in [0.15, 0.2) is 12.1 Å². The third-order valence-corrected chi connectivity index (χ3v) is 1.37. The molecule has 1 rings (SSSR count). The average molecular weight is 232 g/mol. The Labute approximate surface area is 81.2 Å². The van der Waals surface area contributed by atoms with E-state index in [1.165, 1.54) is 6.07 Å². The minimum Gasteiger partial charge on any atom is -0.388 e. The maximum atomic E-state index is 11.7. The molecule has 72 valence electrons. The molecule has 0 spiro atoms. The normalized spacial score (nSPS) is 11.5. The van der Waals surface area contributed by atoms with Gasteiger partial charge in [0.1, 0.15) is 5.15 Å². The number of hydrogen-bond acceptors (Lipinski definition) is 2. The van der Waals surface area contributed by atoms with Crippen molar-refractivity contribution in [1.82, 2.24) is 4.98 Å². The van der Waals surface area contributed by atoms with Crippen LogP contribution in [0.5, 0.6) is 5.88 Å². The summed E-state index contributed by atoms with van der Waals surface area (Å²) in [5, 5.41) is -0.133. The standard InChI is InChI=1S/C6H2Cl2F3NO/c7-3-1-4(8)12-5(2-3)13-6(9,10)11/h1-2H. The largest absolute Gasteiger partial charge is 0.574 e. The summed E-state index contributed by atoms with van der Waals surface area (Å²) in [4.78, 5) is 3.26. The molecule has 7 heteroatoms. The highest BCUT2D eigenvalue weighted by Crippen LogP contribution is 2.25. The molecule has 2 nitrogen and oxygen atoms in total. The van der Waals surface area contributed by atoms with Crippen LogP contribution in [0, 0.1) is 0 Å². The molecule has 0 saturated carbocycles. The Kier molecular flexibility index (Phi) is 2.87. The van der Waals surface area contributed by atoms with E-state index in [1.54, 1.807) is 0 Å². The first kappa shape index (κ1) is 10.4. The number of nitrogens with zero attached hydrogens (tertiary/aromatic N) is 1. The fourth-order valence-corrected chi connectivity index (χ4v) is 1.07. The van der Waals surface area contributed by atoms with Crippen LogP contribution in [0.25, 0.3) is 0 Å². The van der Waals surface area contributed by atoms with Gasteiger partial charge in [-0.3, -0.25) is 0 Å². The number of ether oxygens (including phenoxy) is 1. The van der Waals surface area contributed by atoms with E-state index in [9.17, 15) is 13.2 Å². The molecule has 0 N–H and O–H groups in total. The van der Waals surface area contributed by atoms with E-state index < -0.39 is 12.2 Å². The predicted octanol–water partition coefficient (Wildman–Crippen LogP) is 3.29. The molecule has 0 aliphatic carbocycles. The molecule has 0 aliphatic heterocycles. The molecule has 0 aromatic carbocycles. The number of aromatic nitrogens is 1. The summed E-state index contributed by atoms with van der Waals surface area (Å²) in [6.07, 6.45) is -4.79. The molecule has 1 aromatic rings. The van der Waals surface area contributed by atoms with Crippen LogP contribution in [-0.4, -0.2) is 11.3 Å². The zero-order valence-corrected chi connectivity index (χ0v) is 7.41. The van der Waals surface area contributed by atoms with Gasteiger partial charge in [0.15, 0.2) is 0 Å². The van der Waals surface area contributed by atoms with Gasteiger partial charge in [0.25, 0.3) is 0 Å². The smallest absolute Gasteiger partial charge is 0.388 e. The number of rotatable bonds is 1. The van der Waals surface area contributed by atoms with Crippen molar-refractivity contribution in [2.24, 2.45) is 0 Å². The van der Waals surface area contributed by atoms with Gasteiger partial charge in [-0.05, 0) is 6.07 Å². The van der Waals surface area contributed by atoms with Gasteiger partial charge in [-0.1, -0.05) is 23.2 Å². The van der Waals surface area contributed by atoms with Gasteiger partial charge in [0.2, 0.25) is 5.88 Å². The number of halogens is 5. The Bertz CT molecular complexity index is 295. The van der Waals surface area contributed by atoms with E-state index in [2.05, 4.69) is 9.72 Å². The lowest BCUT2D eigenvalue weighted by atomic mass is 10.5. The molecule has 13 heavy (non-hydrogen) atoms. The highest BCUT2D eigenvalue weighted by Gasteiger charge is 2.31. The molecule has 0 radical (unpaired) electrons. The third-order valence-electron chi connectivity index (χ3n) is 0.956. The lowest BCUT2D eigenvalue weighted by molar-refractivity contribution is -0.276. The molecule has 0 aliphatic rings. The molecule has 0 fully saturated rings. The number of pyridine rings is 1. The van der Waals surface area contributed by atoms with E-state index >= 15 is 0 Å². The summed E-state index contributed by atoms with van der Waals surface area (Å²) in [6.45, 7) is 0. The maximum absolute atomic E-state index is 11.7. The fraction of sp³-hybridized carbons (Fsp3) is 0.167. The van der Waals surface area contributed by atoms with E-state index in [4.69, 9.17) is 23.2 Å². The molecular formula is C6H2Cl2F3NO. The number of hydrogen-bond donors (Lipinski definition) is 0. The van der Waals surface area contributed by atoms with Gasteiger partial charge in [0, 0.05) is 11.1 Å². The second-order valence-electron chi connectivity index (χ2n) is 1.99. The summed E-state index contributed by atoms with van der Waals surface area (Å²) in [5.41, 5.74) is 0. The van der Waals surface area contributed by atoms with Crippen molar-refractivity contribution < 1.29 is 17.9 Å². The molecular weight excluding hydrogens is 230 g/mol. The van der Waals surface area contributed by atoms with Gasteiger partial charge in [-0.15, -0.1) is 13.2 Å². The summed E-state index contributed by atoms with van der Waals surface area (Å²) in [5.74, 6) is -0.676. The van der Waals surface area contributed by atoms with Crippen LogP contribution in [-0.2, 0) is 0 Å². The van der Waals surface area contributed by atoms with Gasteiger partial charge < -0.3 is 4.74 Å². The predicted molar refractivity (Wildman–Crippen MR) is 40.9 cm³/mol. The molecule has 0 atom stereocenters. The Morgan fingerprint density at radius 1 is 1.23 bits per heavy atom. The molecule has 0 saturated heterocycles. The molecule has 1 heterocycles. The van der Waals surface area contributed by atoms with Crippen molar-refractivity contribution >= 4 is 23.2 Å². The van der Waals surface area contributed by atoms with Gasteiger partial charge in [0.05, 0.1) is 0 Å². The van der Waals surface area contributed by atoms with Crippen LogP contribution in [0.4, 0.5) is 13.2 Å². The summed E-state index contributed by atoms with van der Waals surface area (Å²) >= 11 is 10.7. The molecule has 0 unspecified atom stereocenters. The van der Waals surface area contributed by atoms with E-state index in [1.807, 2.05) is 0 Å². The second-order valence-corrected chi connectivity index (χ2v) is 2.82. The van der Waals surface area contributed by atoms with Crippen LogP contribution >= 0.6 is 23.2 Å². The van der Waals surface area contributed by atoms with Crippen molar-refractivity contribution in [2.45, 2.75) is 6.36 Å². The summed E-state index contributed by atoms with van der Waals surface area (Å²) < 4.78 is 38.5. The zero-order chi connectivity index (χ0) is 10.1. The van der Waals surface area contributed by atoms with E-state index in [0.717, 1.165) is 6.07 Å². The first-order chi connectivity index (χ1) is 5.87. The third kappa shape index (κ3) is 3.69. The SMILES string of the molecule is FC(F)(F)Oc1cc(Cl)cc(Cl)n1. The van der Waals surface area contributed by atoms with Gasteiger partial charge >= 0.3 is 6.36 Å². The van der Waals surface area contributed by atoms with Crippen LogP contribution < -0.4 is 4.74 Å². The van der Waals surface area contributed by atoms with Crippen LogP contribution in [0.2, 0.25) is 10.2 Å². The Balaban J connectivity index is 2.90. The highest BCUT2D eigenvalue weighted by atomic mass is 35.5. The Morgan fingerprint density at radius 3 is 2.31 bits per heavy atom.